The highest BCUT2D eigenvalue weighted by Gasteiger charge is 2.46. The van der Waals surface area contributed by atoms with Crippen LogP contribution in [0.15, 0.2) is 0 Å². The average molecular weight is 180 g/mol. The van der Waals surface area contributed by atoms with Crippen molar-refractivity contribution in [2.45, 2.75) is 52.4 Å². The van der Waals surface area contributed by atoms with Crippen LogP contribution in [0.3, 0.4) is 0 Å². The van der Waals surface area contributed by atoms with E-state index in [0.29, 0.717) is 17.6 Å². The van der Waals surface area contributed by atoms with Crippen molar-refractivity contribution in [3.63, 3.8) is 0 Å². The van der Waals surface area contributed by atoms with E-state index in [1.165, 1.54) is 25.7 Å². The molecule has 0 aromatic heterocycles. The molecule has 0 heterocycles. The van der Waals surface area contributed by atoms with E-state index in [9.17, 15) is 4.79 Å². The Morgan fingerprint density at radius 3 is 2.77 bits per heavy atom. The molecule has 2 aliphatic rings. The van der Waals surface area contributed by atoms with Crippen molar-refractivity contribution in [1.29, 1.82) is 0 Å². The predicted octanol–water partition coefficient (Wildman–Crippen LogP) is 3.18. The van der Waals surface area contributed by atoms with Crippen LogP contribution in [0.2, 0.25) is 0 Å². The molecule has 74 valence electrons. The molecule has 2 aliphatic carbocycles. The lowest BCUT2D eigenvalue weighted by Crippen LogP contribution is -2.45. The molecule has 0 amide bonds. The maximum atomic E-state index is 12.1. The molecule has 3 atom stereocenters. The van der Waals surface area contributed by atoms with Crippen molar-refractivity contribution in [3.8, 4) is 0 Å². The van der Waals surface area contributed by atoms with Gasteiger partial charge in [-0.2, -0.15) is 0 Å². The first-order valence-corrected chi connectivity index (χ1v) is 5.69. The predicted molar refractivity (Wildman–Crippen MR) is 53.5 cm³/mol. The molecule has 0 aromatic rings. The van der Waals surface area contributed by atoms with E-state index >= 15 is 0 Å². The Morgan fingerprint density at radius 2 is 2.00 bits per heavy atom. The van der Waals surface area contributed by atoms with E-state index in [0.717, 1.165) is 12.8 Å². The fourth-order valence-electron chi connectivity index (χ4n) is 3.34. The van der Waals surface area contributed by atoms with E-state index in [1.54, 1.807) is 0 Å². The van der Waals surface area contributed by atoms with E-state index in [1.807, 2.05) is 0 Å². The maximum absolute atomic E-state index is 12.1. The van der Waals surface area contributed by atoms with Crippen LogP contribution >= 0.6 is 0 Å². The zero-order valence-electron chi connectivity index (χ0n) is 8.81. The molecule has 1 nitrogen and oxygen atoms in total. The first-order chi connectivity index (χ1) is 6.14. The van der Waals surface area contributed by atoms with Gasteiger partial charge in [0.2, 0.25) is 0 Å². The van der Waals surface area contributed by atoms with Gasteiger partial charge in [-0.05, 0) is 31.6 Å². The Balaban J connectivity index is 2.22. The Bertz CT molecular complexity index is 221. The summed E-state index contributed by atoms with van der Waals surface area (Å²) in [5.41, 5.74) is 0.0654. The first kappa shape index (κ1) is 9.23. The van der Waals surface area contributed by atoms with Gasteiger partial charge in [-0.15, -0.1) is 0 Å². The lowest BCUT2D eigenvalue weighted by atomic mass is 9.57. The van der Waals surface area contributed by atoms with Crippen LogP contribution in [-0.2, 0) is 4.79 Å². The quantitative estimate of drug-likeness (QED) is 0.559. The highest BCUT2D eigenvalue weighted by molar-refractivity contribution is 5.87. The summed E-state index contributed by atoms with van der Waals surface area (Å²) in [5.74, 6) is 1.60. The van der Waals surface area contributed by atoms with Gasteiger partial charge in [0, 0.05) is 11.3 Å². The van der Waals surface area contributed by atoms with Crippen molar-refractivity contribution in [2.75, 3.05) is 0 Å². The van der Waals surface area contributed by atoms with Crippen LogP contribution in [-0.4, -0.2) is 5.78 Å². The summed E-state index contributed by atoms with van der Waals surface area (Å²) in [5, 5.41) is 0. The largest absolute Gasteiger partial charge is 0.299 e. The maximum Gasteiger partial charge on any atom is 0.141 e. The van der Waals surface area contributed by atoms with Crippen molar-refractivity contribution >= 4 is 5.78 Å². The van der Waals surface area contributed by atoms with Crippen LogP contribution in [0.5, 0.6) is 0 Å². The number of carbonyl (C=O) groups excluding carboxylic acids is 1. The molecule has 0 aliphatic heterocycles. The van der Waals surface area contributed by atoms with Crippen LogP contribution in [0.4, 0.5) is 0 Å². The summed E-state index contributed by atoms with van der Waals surface area (Å²) >= 11 is 0. The Hall–Kier alpha value is -0.330. The molecule has 13 heavy (non-hydrogen) atoms. The minimum Gasteiger partial charge on any atom is -0.299 e. The monoisotopic (exact) mass is 180 g/mol. The summed E-state index contributed by atoms with van der Waals surface area (Å²) < 4.78 is 0. The van der Waals surface area contributed by atoms with Gasteiger partial charge in [0.15, 0.2) is 0 Å². The van der Waals surface area contributed by atoms with Gasteiger partial charge in [-0.1, -0.05) is 26.7 Å². The molecule has 0 bridgehead atoms. The molecule has 0 N–H and O–H groups in total. The van der Waals surface area contributed by atoms with Crippen molar-refractivity contribution < 1.29 is 4.79 Å². The van der Waals surface area contributed by atoms with Crippen LogP contribution in [0.25, 0.3) is 0 Å². The van der Waals surface area contributed by atoms with E-state index in [4.69, 9.17) is 0 Å². The summed E-state index contributed by atoms with van der Waals surface area (Å²) in [6, 6.07) is 0. The number of hydrogen-bond acceptors (Lipinski definition) is 1. The van der Waals surface area contributed by atoms with E-state index < -0.39 is 0 Å². The van der Waals surface area contributed by atoms with Gasteiger partial charge in [-0.3, -0.25) is 4.79 Å². The summed E-state index contributed by atoms with van der Waals surface area (Å²) in [6.45, 7) is 4.33. The highest BCUT2D eigenvalue weighted by atomic mass is 16.1. The van der Waals surface area contributed by atoms with Crippen molar-refractivity contribution in [1.82, 2.24) is 0 Å². The van der Waals surface area contributed by atoms with Gasteiger partial charge in [0.25, 0.3) is 0 Å². The number of carbonyl (C=O) groups is 1. The van der Waals surface area contributed by atoms with Crippen LogP contribution in [0, 0.1) is 17.3 Å². The SMILES string of the molecule is C[C@@H]1CC[C@@H]2CCCC[C@]2(C)C1=O. The molecule has 2 saturated carbocycles. The number of fused-ring (bicyclic) bond motifs is 1. The number of rotatable bonds is 0. The van der Waals surface area contributed by atoms with Gasteiger partial charge in [0.05, 0.1) is 0 Å². The van der Waals surface area contributed by atoms with Crippen molar-refractivity contribution in [2.24, 2.45) is 17.3 Å². The minimum atomic E-state index is 0.0654. The molecule has 0 unspecified atom stereocenters. The van der Waals surface area contributed by atoms with E-state index in [2.05, 4.69) is 13.8 Å². The lowest BCUT2D eigenvalue weighted by Gasteiger charge is -2.45. The molecule has 0 aromatic carbocycles. The third-order valence-corrected chi connectivity index (χ3v) is 4.36. The number of ketones is 1. The average Bonchev–Trinajstić information content (AvgIpc) is 2.13. The molecule has 0 spiro atoms. The number of hydrogen-bond donors (Lipinski definition) is 0. The summed E-state index contributed by atoms with van der Waals surface area (Å²) in [4.78, 5) is 12.1. The minimum absolute atomic E-state index is 0.0654. The van der Waals surface area contributed by atoms with Gasteiger partial charge in [-0.25, -0.2) is 0 Å². The second-order valence-corrected chi connectivity index (χ2v) is 5.20. The molecule has 0 radical (unpaired) electrons. The van der Waals surface area contributed by atoms with Crippen molar-refractivity contribution in [3.05, 3.63) is 0 Å². The molecular weight excluding hydrogens is 160 g/mol. The fraction of sp³-hybridized carbons (Fsp3) is 0.917. The van der Waals surface area contributed by atoms with Gasteiger partial charge >= 0.3 is 0 Å². The highest BCUT2D eigenvalue weighted by Crippen LogP contribution is 2.49. The Kier molecular flexibility index (Phi) is 2.21. The van der Waals surface area contributed by atoms with Gasteiger partial charge < -0.3 is 0 Å². The molecule has 1 heteroatoms. The Labute approximate surface area is 80.9 Å². The molecule has 2 rings (SSSR count). The normalized spacial score (nSPS) is 45.8. The first-order valence-electron chi connectivity index (χ1n) is 5.69. The molecule has 0 saturated heterocycles. The summed E-state index contributed by atoms with van der Waals surface area (Å²) in [6.07, 6.45) is 7.51. The second-order valence-electron chi connectivity index (χ2n) is 5.20. The second kappa shape index (κ2) is 3.11. The number of Topliss-reactive ketones (excluding diaryl/α,β-unsaturated/α-hetero) is 1. The summed E-state index contributed by atoms with van der Waals surface area (Å²) in [7, 11) is 0. The molecule has 2 fully saturated rings. The third kappa shape index (κ3) is 1.33. The topological polar surface area (TPSA) is 17.1 Å². The van der Waals surface area contributed by atoms with Crippen LogP contribution in [0.1, 0.15) is 52.4 Å². The standard InChI is InChI=1S/C12H20O/c1-9-6-7-10-5-3-4-8-12(10,2)11(9)13/h9-10H,3-8H2,1-2H3/t9-,10+,12+/m1/s1. The smallest absolute Gasteiger partial charge is 0.141 e. The third-order valence-electron chi connectivity index (χ3n) is 4.36. The van der Waals surface area contributed by atoms with E-state index in [-0.39, 0.29) is 5.41 Å². The fourth-order valence-corrected chi connectivity index (χ4v) is 3.34. The molecular formula is C12H20O. The lowest BCUT2D eigenvalue weighted by molar-refractivity contribution is -0.141. The zero-order valence-corrected chi connectivity index (χ0v) is 8.81. The van der Waals surface area contributed by atoms with Gasteiger partial charge in [0.1, 0.15) is 5.78 Å². The van der Waals surface area contributed by atoms with Crippen LogP contribution < -0.4 is 0 Å². The zero-order chi connectivity index (χ0) is 9.47. The Morgan fingerprint density at radius 1 is 1.23 bits per heavy atom.